The van der Waals surface area contributed by atoms with Gasteiger partial charge in [0.25, 0.3) is 0 Å². The monoisotopic (exact) mass is 663 g/mol. The molecular weight excluding hydrogens is 620 g/mol. The van der Waals surface area contributed by atoms with Gasteiger partial charge in [0.1, 0.15) is 11.5 Å². The fourth-order valence-corrected chi connectivity index (χ4v) is 7.55. The molecule has 0 fully saturated rings. The second-order valence-corrected chi connectivity index (χ2v) is 14.9. The van der Waals surface area contributed by atoms with Crippen molar-refractivity contribution >= 4 is 55.9 Å². The van der Waals surface area contributed by atoms with Gasteiger partial charge in [0.2, 0.25) is 0 Å². The number of benzene rings is 4. The Kier molecular flexibility index (Phi) is 8.34. The fraction of sp³-hybridized carbons (Fsp3) is 0.267. The Morgan fingerprint density at radius 3 is 2.14 bits per heavy atom. The first kappa shape index (κ1) is 33.2. The molecule has 5 heteroatoms. The highest BCUT2D eigenvalue weighted by Gasteiger charge is 2.39. The summed E-state index contributed by atoms with van der Waals surface area (Å²) in [4.78, 5) is 27.0. The summed E-state index contributed by atoms with van der Waals surface area (Å²) in [5.74, 6) is 0.887. The van der Waals surface area contributed by atoms with Crippen molar-refractivity contribution in [3.63, 3.8) is 0 Å². The minimum absolute atomic E-state index is 0.0169. The van der Waals surface area contributed by atoms with E-state index < -0.39 is 5.97 Å². The molecule has 0 radical (unpaired) electrons. The van der Waals surface area contributed by atoms with Crippen LogP contribution in [0.3, 0.4) is 0 Å². The Hall–Kier alpha value is -5.29. The van der Waals surface area contributed by atoms with Gasteiger partial charge < -0.3 is 9.84 Å². The first-order chi connectivity index (χ1) is 23.9. The molecule has 50 heavy (non-hydrogen) atoms. The molecule has 0 saturated carbocycles. The highest BCUT2D eigenvalue weighted by atomic mass is 16.5. The first-order valence-electron chi connectivity index (χ1n) is 17.6. The number of ketones is 1. The molecule has 1 aliphatic carbocycles. The highest BCUT2D eigenvalue weighted by molar-refractivity contribution is 6.32. The Balaban J connectivity index is 1.42. The van der Waals surface area contributed by atoms with Crippen LogP contribution in [0.25, 0.3) is 44.2 Å². The van der Waals surface area contributed by atoms with Gasteiger partial charge in [-0.25, -0.2) is 9.21 Å². The average molecular weight is 664 g/mol. The maximum atomic E-state index is 14.1. The van der Waals surface area contributed by atoms with E-state index >= 15 is 0 Å². The number of carbonyl (C=O) groups excluding carboxylic acids is 1. The third-order valence-electron chi connectivity index (χ3n) is 10.3. The summed E-state index contributed by atoms with van der Waals surface area (Å²) in [6.07, 6.45) is 9.23. The lowest BCUT2D eigenvalue weighted by molar-refractivity contribution is -0.133. The van der Waals surface area contributed by atoms with E-state index in [2.05, 4.69) is 41.5 Å². The summed E-state index contributed by atoms with van der Waals surface area (Å²) in [6, 6.07) is 26.2. The Morgan fingerprint density at radius 1 is 0.800 bits per heavy atom. The van der Waals surface area contributed by atoms with Crippen LogP contribution in [0.5, 0.6) is 5.75 Å². The van der Waals surface area contributed by atoms with E-state index in [9.17, 15) is 14.7 Å². The molecule has 7 rings (SSSR count). The second-order valence-electron chi connectivity index (χ2n) is 14.9. The maximum absolute atomic E-state index is 14.1. The predicted molar refractivity (Wildman–Crippen MR) is 203 cm³/mol. The minimum Gasteiger partial charge on any atom is -0.478 e. The molecule has 0 spiro atoms. The SMILES string of the molecule is CCCC(C)(C)C1=C/C(=C\C2=C(C(=O)O)C(=C\c3cc(C(C)(C)CCC)[o+]c4c3ccc3ccccc34)/C2=O)c2ccc3ccccc3c2O1. The van der Waals surface area contributed by atoms with Gasteiger partial charge in [0.15, 0.2) is 5.78 Å². The van der Waals surface area contributed by atoms with Crippen LogP contribution in [0.2, 0.25) is 0 Å². The van der Waals surface area contributed by atoms with Crippen LogP contribution in [-0.4, -0.2) is 16.9 Å². The number of aliphatic carboxylic acids is 1. The van der Waals surface area contributed by atoms with Crippen molar-refractivity contribution in [2.24, 2.45) is 5.41 Å². The average Bonchev–Trinajstić information content (AvgIpc) is 3.10. The van der Waals surface area contributed by atoms with Crippen molar-refractivity contribution in [1.82, 2.24) is 0 Å². The van der Waals surface area contributed by atoms with Gasteiger partial charge >= 0.3 is 17.3 Å². The zero-order chi connectivity index (χ0) is 35.4. The lowest BCUT2D eigenvalue weighted by Crippen LogP contribution is -2.27. The lowest BCUT2D eigenvalue weighted by Gasteiger charge is -2.32. The summed E-state index contributed by atoms with van der Waals surface area (Å²) in [5, 5.41) is 15.4. The van der Waals surface area contributed by atoms with E-state index in [1.807, 2.05) is 84.9 Å². The fourth-order valence-electron chi connectivity index (χ4n) is 7.55. The maximum Gasteiger partial charge on any atom is 0.368 e. The van der Waals surface area contributed by atoms with Crippen molar-refractivity contribution < 1.29 is 23.8 Å². The molecule has 2 aliphatic rings. The van der Waals surface area contributed by atoms with Crippen molar-refractivity contribution in [3.8, 4) is 5.75 Å². The molecule has 0 atom stereocenters. The van der Waals surface area contributed by atoms with Crippen LogP contribution in [0.4, 0.5) is 0 Å². The quantitative estimate of drug-likeness (QED) is 0.0965. The highest BCUT2D eigenvalue weighted by Crippen LogP contribution is 2.47. The molecule has 4 aromatic carbocycles. The number of allylic oxidation sites excluding steroid dienone is 5. The normalized spacial score (nSPS) is 16.6. The molecule has 0 saturated heterocycles. The van der Waals surface area contributed by atoms with Crippen molar-refractivity contribution in [3.05, 3.63) is 130 Å². The molecule has 5 aromatic rings. The Labute approximate surface area is 293 Å². The number of hydrogen-bond acceptors (Lipinski definition) is 3. The van der Waals surface area contributed by atoms with Crippen molar-refractivity contribution in [1.29, 1.82) is 0 Å². The van der Waals surface area contributed by atoms with E-state index in [0.29, 0.717) is 0 Å². The van der Waals surface area contributed by atoms with Crippen LogP contribution < -0.4 is 4.74 Å². The molecule has 0 amide bonds. The van der Waals surface area contributed by atoms with Crippen molar-refractivity contribution in [2.75, 3.05) is 0 Å². The van der Waals surface area contributed by atoms with E-state index in [1.54, 1.807) is 12.2 Å². The number of carbonyl (C=O) groups is 2. The number of Topliss-reactive ketones (excluding diaryl/α,β-unsaturated/α-hetero) is 1. The zero-order valence-electron chi connectivity index (χ0n) is 29.6. The van der Waals surface area contributed by atoms with E-state index in [-0.39, 0.29) is 33.3 Å². The predicted octanol–water partition coefficient (Wildman–Crippen LogP) is 11.6. The first-order valence-corrected chi connectivity index (χ1v) is 17.6. The van der Waals surface area contributed by atoms with Crippen LogP contribution in [0, 0.1) is 5.41 Å². The van der Waals surface area contributed by atoms with Crippen LogP contribution in [0.15, 0.2) is 118 Å². The molecule has 1 aliphatic heterocycles. The number of hydrogen-bond donors (Lipinski definition) is 1. The molecule has 0 unspecified atom stereocenters. The number of carboxylic acids is 1. The van der Waals surface area contributed by atoms with Crippen LogP contribution in [0.1, 0.15) is 84.1 Å². The zero-order valence-corrected chi connectivity index (χ0v) is 29.6. The van der Waals surface area contributed by atoms with Gasteiger partial charge in [-0.1, -0.05) is 95.1 Å². The Morgan fingerprint density at radius 2 is 1.44 bits per heavy atom. The molecule has 252 valence electrons. The number of fused-ring (bicyclic) bond motifs is 6. The van der Waals surface area contributed by atoms with Crippen molar-refractivity contribution in [2.45, 2.75) is 72.6 Å². The lowest BCUT2D eigenvalue weighted by atomic mass is 9.77. The standard InChI is InChI=1S/C45H42O5/c1-7-21-44(3,4)37-25-29(33-19-17-27-13-9-11-15-31(27)41(33)49-37)23-35-39(43(47)48)36(40(35)46)24-30-26-38(45(5,6)22-8-2)50-42-32-16-12-10-14-28(32)18-20-34(30)42/h9-20,23-26H,7-8,21-22H2,1-6H3/p+1. The summed E-state index contributed by atoms with van der Waals surface area (Å²) in [6.45, 7) is 12.9. The van der Waals surface area contributed by atoms with Gasteiger partial charge in [-0.05, 0) is 79.5 Å². The molecular formula is C45H43O5+. The number of carboxylic acid groups (broad SMARTS) is 1. The topological polar surface area (TPSA) is 74.9 Å². The van der Waals surface area contributed by atoms with Crippen LogP contribution >= 0.6 is 0 Å². The minimum atomic E-state index is -1.13. The van der Waals surface area contributed by atoms with E-state index in [4.69, 9.17) is 9.15 Å². The molecule has 5 nitrogen and oxygen atoms in total. The van der Waals surface area contributed by atoms with Gasteiger partial charge in [0.05, 0.1) is 21.8 Å². The largest absolute Gasteiger partial charge is 0.478 e. The van der Waals surface area contributed by atoms with Gasteiger partial charge in [-0.2, -0.15) is 0 Å². The van der Waals surface area contributed by atoms with E-state index in [0.717, 1.165) is 92.2 Å². The molecule has 0 bridgehead atoms. The van der Waals surface area contributed by atoms with Gasteiger partial charge in [-0.15, -0.1) is 0 Å². The number of ether oxygens (including phenoxy) is 1. The van der Waals surface area contributed by atoms with E-state index in [1.165, 1.54) is 0 Å². The summed E-state index contributed by atoms with van der Waals surface area (Å²) in [5.41, 5.74) is 2.92. The molecule has 1 N–H and O–H groups in total. The summed E-state index contributed by atoms with van der Waals surface area (Å²) in [7, 11) is 0. The smallest absolute Gasteiger partial charge is 0.368 e. The van der Waals surface area contributed by atoms with Gasteiger partial charge in [-0.3, -0.25) is 4.79 Å². The third-order valence-corrected chi connectivity index (χ3v) is 10.3. The van der Waals surface area contributed by atoms with Crippen LogP contribution in [-0.2, 0) is 15.0 Å². The summed E-state index contributed by atoms with van der Waals surface area (Å²) < 4.78 is 13.3. The number of rotatable bonds is 9. The Bertz CT molecular complexity index is 2360. The summed E-state index contributed by atoms with van der Waals surface area (Å²) >= 11 is 0. The molecule has 1 aromatic heterocycles. The second kappa shape index (κ2) is 12.5. The van der Waals surface area contributed by atoms with Gasteiger partial charge in [0, 0.05) is 39.1 Å². The molecule has 2 heterocycles. The third kappa shape index (κ3) is 5.65.